The molecule has 0 saturated heterocycles. The molecule has 2 heterocycles. The van der Waals surface area contributed by atoms with Crippen LogP contribution in [0.1, 0.15) is 32.0 Å². The summed E-state index contributed by atoms with van der Waals surface area (Å²) in [5.74, 6) is -0.0597. The molecule has 4 nitrogen and oxygen atoms in total. The van der Waals surface area contributed by atoms with Gasteiger partial charge in [0, 0.05) is 19.3 Å². The molecule has 0 radical (unpaired) electrons. The highest BCUT2D eigenvalue weighted by Gasteiger charge is 2.29. The second-order valence-electron chi connectivity index (χ2n) is 4.79. The molecule has 0 bridgehead atoms. The molecule has 1 aromatic heterocycles. The first-order chi connectivity index (χ1) is 9.66. The van der Waals surface area contributed by atoms with E-state index < -0.39 is 5.24 Å². The SMILES string of the molecule is O=C(Cl)c1[nH]cc2c1CCN(Cc1ccccc1)C2=O. The van der Waals surface area contributed by atoms with Crippen LogP contribution in [-0.2, 0) is 13.0 Å². The van der Waals surface area contributed by atoms with Gasteiger partial charge in [0.15, 0.2) is 0 Å². The molecule has 3 rings (SSSR count). The Bertz CT molecular complexity index is 664. The van der Waals surface area contributed by atoms with Crippen LogP contribution < -0.4 is 0 Å². The zero-order valence-electron chi connectivity index (χ0n) is 10.7. The zero-order valence-corrected chi connectivity index (χ0v) is 11.5. The molecule has 2 aromatic rings. The van der Waals surface area contributed by atoms with Crippen LogP contribution in [0.2, 0.25) is 0 Å². The molecule has 0 unspecified atom stereocenters. The fraction of sp³-hybridized carbons (Fsp3) is 0.200. The minimum Gasteiger partial charge on any atom is -0.357 e. The van der Waals surface area contributed by atoms with Gasteiger partial charge in [-0.25, -0.2) is 0 Å². The lowest BCUT2D eigenvalue weighted by Gasteiger charge is -2.27. The molecule has 1 aromatic carbocycles. The molecule has 5 heteroatoms. The summed E-state index contributed by atoms with van der Waals surface area (Å²) in [7, 11) is 0. The Morgan fingerprint density at radius 3 is 2.75 bits per heavy atom. The fourth-order valence-electron chi connectivity index (χ4n) is 2.55. The monoisotopic (exact) mass is 288 g/mol. The van der Waals surface area contributed by atoms with E-state index in [1.165, 1.54) is 0 Å². The molecular weight excluding hydrogens is 276 g/mol. The third-order valence-electron chi connectivity index (χ3n) is 3.55. The van der Waals surface area contributed by atoms with Gasteiger partial charge in [0.1, 0.15) is 5.69 Å². The topological polar surface area (TPSA) is 53.2 Å². The second-order valence-corrected chi connectivity index (χ2v) is 5.14. The zero-order chi connectivity index (χ0) is 14.1. The average molecular weight is 289 g/mol. The molecule has 1 amide bonds. The van der Waals surface area contributed by atoms with E-state index in [4.69, 9.17) is 11.6 Å². The van der Waals surface area contributed by atoms with Crippen LogP contribution in [0.4, 0.5) is 0 Å². The lowest BCUT2D eigenvalue weighted by atomic mass is 10.0. The van der Waals surface area contributed by atoms with Crippen molar-refractivity contribution >= 4 is 22.8 Å². The molecule has 1 aliphatic rings. The molecule has 1 aliphatic heterocycles. The normalized spacial score (nSPS) is 14.2. The minimum atomic E-state index is -0.546. The van der Waals surface area contributed by atoms with Crippen LogP contribution in [0, 0.1) is 0 Å². The molecular formula is C15H13ClN2O2. The van der Waals surface area contributed by atoms with Gasteiger partial charge in [-0.15, -0.1) is 0 Å². The smallest absolute Gasteiger partial charge is 0.268 e. The Morgan fingerprint density at radius 1 is 1.30 bits per heavy atom. The van der Waals surface area contributed by atoms with Crippen LogP contribution in [0.25, 0.3) is 0 Å². The van der Waals surface area contributed by atoms with Crippen molar-refractivity contribution in [3.8, 4) is 0 Å². The third kappa shape index (κ3) is 2.23. The van der Waals surface area contributed by atoms with Gasteiger partial charge in [-0.05, 0) is 29.1 Å². The van der Waals surface area contributed by atoms with Crippen molar-refractivity contribution in [2.24, 2.45) is 0 Å². The number of hydrogen-bond acceptors (Lipinski definition) is 2. The molecule has 0 spiro atoms. The van der Waals surface area contributed by atoms with Crippen molar-refractivity contribution in [1.82, 2.24) is 9.88 Å². The largest absolute Gasteiger partial charge is 0.357 e. The third-order valence-corrected chi connectivity index (χ3v) is 3.74. The molecule has 0 atom stereocenters. The summed E-state index contributed by atoms with van der Waals surface area (Å²) >= 11 is 5.50. The number of nitrogens with one attached hydrogen (secondary N) is 1. The van der Waals surface area contributed by atoms with Crippen molar-refractivity contribution in [2.45, 2.75) is 13.0 Å². The first-order valence-corrected chi connectivity index (χ1v) is 6.78. The Hall–Kier alpha value is -2.07. The fourth-order valence-corrected chi connectivity index (χ4v) is 2.72. The second kappa shape index (κ2) is 5.13. The number of rotatable bonds is 3. The van der Waals surface area contributed by atoms with Gasteiger partial charge < -0.3 is 9.88 Å². The Labute approximate surface area is 121 Å². The number of carbonyl (C=O) groups is 2. The number of carbonyl (C=O) groups excluding carboxylic acids is 2. The van der Waals surface area contributed by atoms with Gasteiger partial charge >= 0.3 is 0 Å². The van der Waals surface area contributed by atoms with Crippen LogP contribution in [0.3, 0.4) is 0 Å². The van der Waals surface area contributed by atoms with Crippen molar-refractivity contribution in [1.29, 1.82) is 0 Å². The molecule has 1 N–H and O–H groups in total. The van der Waals surface area contributed by atoms with E-state index in [1.54, 1.807) is 11.1 Å². The van der Waals surface area contributed by atoms with Crippen molar-refractivity contribution in [3.05, 3.63) is 58.9 Å². The van der Waals surface area contributed by atoms with E-state index in [2.05, 4.69) is 4.98 Å². The van der Waals surface area contributed by atoms with Gasteiger partial charge in [-0.2, -0.15) is 0 Å². The number of fused-ring (bicyclic) bond motifs is 1. The van der Waals surface area contributed by atoms with Crippen molar-refractivity contribution in [3.63, 3.8) is 0 Å². The molecule has 0 saturated carbocycles. The average Bonchev–Trinajstić information content (AvgIpc) is 2.88. The number of hydrogen-bond donors (Lipinski definition) is 1. The summed E-state index contributed by atoms with van der Waals surface area (Å²) in [5.41, 5.74) is 2.72. The number of amides is 1. The summed E-state index contributed by atoms with van der Waals surface area (Å²) in [6.45, 7) is 1.17. The van der Waals surface area contributed by atoms with Crippen LogP contribution in [0.15, 0.2) is 36.5 Å². The highest BCUT2D eigenvalue weighted by atomic mass is 35.5. The number of H-pyrrole nitrogens is 1. The van der Waals surface area contributed by atoms with E-state index >= 15 is 0 Å². The van der Waals surface area contributed by atoms with Crippen molar-refractivity contribution in [2.75, 3.05) is 6.54 Å². The van der Waals surface area contributed by atoms with Crippen LogP contribution in [-0.4, -0.2) is 27.6 Å². The standard InChI is InChI=1S/C15H13ClN2O2/c16-14(19)13-11-6-7-18(15(20)12(11)8-17-13)9-10-4-2-1-3-5-10/h1-5,8,17H,6-7,9H2. The summed E-state index contributed by atoms with van der Waals surface area (Å²) in [6.07, 6.45) is 2.22. The van der Waals surface area contributed by atoms with Gasteiger partial charge in [-0.1, -0.05) is 30.3 Å². The summed E-state index contributed by atoms with van der Waals surface area (Å²) in [5, 5.41) is -0.546. The maximum Gasteiger partial charge on any atom is 0.268 e. The number of halogens is 1. The number of benzene rings is 1. The quantitative estimate of drug-likeness (QED) is 0.883. The molecule has 0 aliphatic carbocycles. The summed E-state index contributed by atoms with van der Waals surface area (Å²) in [4.78, 5) is 28.3. The number of aromatic amines is 1. The summed E-state index contributed by atoms with van der Waals surface area (Å²) < 4.78 is 0. The maximum absolute atomic E-state index is 12.4. The number of nitrogens with zero attached hydrogens (tertiary/aromatic N) is 1. The Kier molecular flexibility index (Phi) is 3.32. The Balaban J connectivity index is 1.85. The summed E-state index contributed by atoms with van der Waals surface area (Å²) in [6, 6.07) is 9.84. The molecule has 0 fully saturated rings. The van der Waals surface area contributed by atoms with Gasteiger partial charge in [0.05, 0.1) is 5.56 Å². The highest BCUT2D eigenvalue weighted by Crippen LogP contribution is 2.24. The predicted octanol–water partition coefficient (Wildman–Crippen LogP) is 2.59. The number of aromatic nitrogens is 1. The van der Waals surface area contributed by atoms with E-state index in [0.29, 0.717) is 30.8 Å². The van der Waals surface area contributed by atoms with Crippen LogP contribution >= 0.6 is 11.6 Å². The predicted molar refractivity (Wildman–Crippen MR) is 75.9 cm³/mol. The first-order valence-electron chi connectivity index (χ1n) is 6.40. The van der Waals surface area contributed by atoms with E-state index in [9.17, 15) is 9.59 Å². The van der Waals surface area contributed by atoms with E-state index in [1.807, 2.05) is 30.3 Å². The molecule has 102 valence electrons. The minimum absolute atomic E-state index is 0.0597. The van der Waals surface area contributed by atoms with Gasteiger partial charge in [0.25, 0.3) is 11.1 Å². The van der Waals surface area contributed by atoms with E-state index in [-0.39, 0.29) is 5.91 Å². The van der Waals surface area contributed by atoms with E-state index in [0.717, 1.165) is 11.1 Å². The van der Waals surface area contributed by atoms with Gasteiger partial charge in [-0.3, -0.25) is 9.59 Å². The van der Waals surface area contributed by atoms with Gasteiger partial charge in [0.2, 0.25) is 0 Å². The lowest BCUT2D eigenvalue weighted by Crippen LogP contribution is -2.36. The molecule has 20 heavy (non-hydrogen) atoms. The van der Waals surface area contributed by atoms with Crippen molar-refractivity contribution < 1.29 is 9.59 Å². The first kappa shape index (κ1) is 12.9. The highest BCUT2D eigenvalue weighted by molar-refractivity contribution is 6.67. The van der Waals surface area contributed by atoms with Crippen LogP contribution in [0.5, 0.6) is 0 Å². The lowest BCUT2D eigenvalue weighted by molar-refractivity contribution is 0.0728. The maximum atomic E-state index is 12.4. The Morgan fingerprint density at radius 2 is 2.05 bits per heavy atom.